The molecule has 0 fully saturated rings. The molecule has 0 aliphatic carbocycles. The smallest absolute Gasteiger partial charge is 0.359 e. The number of hydrogen-bond acceptors (Lipinski definition) is 4. The van der Waals surface area contributed by atoms with E-state index in [1.807, 2.05) is 18.2 Å². The summed E-state index contributed by atoms with van der Waals surface area (Å²) in [6.45, 7) is 2.21. The molecule has 2 rings (SSSR count). The second-order valence-electron chi connectivity index (χ2n) is 4.46. The molecule has 0 aliphatic heterocycles. The van der Waals surface area contributed by atoms with Crippen LogP contribution < -0.4 is 0 Å². The number of esters is 1. The lowest BCUT2D eigenvalue weighted by molar-refractivity contribution is -0.107. The van der Waals surface area contributed by atoms with E-state index in [-0.39, 0.29) is 23.9 Å². The maximum Gasteiger partial charge on any atom is 0.359 e. The first kappa shape index (κ1) is 16.5. The summed E-state index contributed by atoms with van der Waals surface area (Å²) in [5, 5.41) is 4.98. The Morgan fingerprint density at radius 1 is 1.36 bits per heavy atom. The van der Waals surface area contributed by atoms with Gasteiger partial charge in [0.25, 0.3) is 0 Å². The zero-order valence-corrected chi connectivity index (χ0v) is 13.4. The highest BCUT2D eigenvalue weighted by atomic mass is 35.5. The molecule has 7 heteroatoms. The largest absolute Gasteiger partial charge is 0.461 e. The fraction of sp³-hybridized carbons (Fsp3) is 0.267. The fourth-order valence-corrected chi connectivity index (χ4v) is 2.46. The maximum absolute atomic E-state index is 11.9. The minimum absolute atomic E-state index is 0.00446. The number of benzene rings is 1. The quantitative estimate of drug-likeness (QED) is 0.598. The Morgan fingerprint density at radius 3 is 2.73 bits per heavy atom. The molecule has 0 radical (unpaired) electrons. The van der Waals surface area contributed by atoms with Gasteiger partial charge in [-0.25, -0.2) is 9.48 Å². The van der Waals surface area contributed by atoms with E-state index in [1.54, 1.807) is 13.0 Å². The summed E-state index contributed by atoms with van der Waals surface area (Å²) >= 11 is 12.4. The van der Waals surface area contributed by atoms with Gasteiger partial charge in [-0.15, -0.1) is 0 Å². The van der Waals surface area contributed by atoms with Gasteiger partial charge in [0.1, 0.15) is 11.4 Å². The van der Waals surface area contributed by atoms with Gasteiger partial charge in [-0.1, -0.05) is 41.4 Å². The predicted octanol–water partition coefficient (Wildman–Crippen LogP) is 3.16. The Labute approximate surface area is 137 Å². The Hall–Kier alpha value is -1.85. The Kier molecular flexibility index (Phi) is 5.57. The first-order valence-corrected chi connectivity index (χ1v) is 7.43. The average Bonchev–Trinajstić information content (AvgIpc) is 2.80. The number of halogens is 2. The summed E-state index contributed by atoms with van der Waals surface area (Å²) in [5.74, 6) is -0.598. The standard InChI is InChI=1S/C15H14Cl2N2O3/c1-2-22-15(21)13-11(7-8-20)14(17)19(18-13)9-10-5-3-4-6-12(10)16/h3-6,8H,2,7,9H2,1H3. The number of aromatic nitrogens is 2. The first-order valence-electron chi connectivity index (χ1n) is 6.67. The molecule has 0 bridgehead atoms. The Bertz CT molecular complexity index is 698. The summed E-state index contributed by atoms with van der Waals surface area (Å²) in [7, 11) is 0. The second-order valence-corrected chi connectivity index (χ2v) is 5.22. The number of carbonyl (C=O) groups excluding carboxylic acids is 2. The number of aldehydes is 1. The van der Waals surface area contributed by atoms with Crippen LogP contribution >= 0.6 is 23.2 Å². The highest BCUT2D eigenvalue weighted by molar-refractivity contribution is 6.31. The van der Waals surface area contributed by atoms with Crippen molar-refractivity contribution in [3.63, 3.8) is 0 Å². The lowest BCUT2D eigenvalue weighted by Crippen LogP contribution is -2.09. The van der Waals surface area contributed by atoms with Crippen LogP contribution in [0, 0.1) is 0 Å². The van der Waals surface area contributed by atoms with Gasteiger partial charge in [-0.2, -0.15) is 5.10 Å². The summed E-state index contributed by atoms with van der Waals surface area (Å²) in [6.07, 6.45) is 0.668. The molecule has 1 aromatic carbocycles. The number of hydrogen-bond donors (Lipinski definition) is 0. The summed E-state index contributed by atoms with van der Waals surface area (Å²) in [5.41, 5.74) is 1.23. The molecule has 0 saturated carbocycles. The van der Waals surface area contributed by atoms with Crippen molar-refractivity contribution in [1.29, 1.82) is 0 Å². The van der Waals surface area contributed by atoms with E-state index < -0.39 is 5.97 Å². The Morgan fingerprint density at radius 2 is 2.09 bits per heavy atom. The van der Waals surface area contributed by atoms with E-state index in [1.165, 1.54) is 4.68 Å². The third-order valence-electron chi connectivity index (χ3n) is 3.02. The predicted molar refractivity (Wildman–Crippen MR) is 83.5 cm³/mol. The van der Waals surface area contributed by atoms with Gasteiger partial charge in [-0.3, -0.25) is 0 Å². The first-order chi connectivity index (χ1) is 10.6. The molecule has 0 saturated heterocycles. The van der Waals surface area contributed by atoms with Crippen molar-refractivity contribution in [3.05, 3.63) is 51.3 Å². The van der Waals surface area contributed by atoms with E-state index in [9.17, 15) is 9.59 Å². The number of rotatable bonds is 6. The minimum atomic E-state index is -0.598. The monoisotopic (exact) mass is 340 g/mol. The van der Waals surface area contributed by atoms with Gasteiger partial charge in [0.05, 0.1) is 13.2 Å². The van der Waals surface area contributed by atoms with E-state index >= 15 is 0 Å². The molecule has 22 heavy (non-hydrogen) atoms. The topological polar surface area (TPSA) is 61.2 Å². The zero-order valence-electron chi connectivity index (χ0n) is 11.9. The van der Waals surface area contributed by atoms with Crippen molar-refractivity contribution in [2.24, 2.45) is 0 Å². The van der Waals surface area contributed by atoms with Crippen molar-refractivity contribution in [2.75, 3.05) is 6.61 Å². The molecule has 2 aromatic rings. The van der Waals surface area contributed by atoms with Crippen LogP contribution in [0.15, 0.2) is 24.3 Å². The van der Waals surface area contributed by atoms with Crippen LogP contribution in [0.3, 0.4) is 0 Å². The van der Waals surface area contributed by atoms with E-state index in [4.69, 9.17) is 27.9 Å². The highest BCUT2D eigenvalue weighted by Crippen LogP contribution is 2.24. The minimum Gasteiger partial charge on any atom is -0.461 e. The van der Waals surface area contributed by atoms with Crippen molar-refractivity contribution in [3.8, 4) is 0 Å². The molecule has 0 N–H and O–H groups in total. The Balaban J connectivity index is 2.40. The van der Waals surface area contributed by atoms with Gasteiger partial charge < -0.3 is 9.53 Å². The molecule has 0 amide bonds. The van der Waals surface area contributed by atoms with E-state index in [0.29, 0.717) is 23.4 Å². The lowest BCUT2D eigenvalue weighted by Gasteiger charge is -2.05. The van der Waals surface area contributed by atoms with Gasteiger partial charge in [0.15, 0.2) is 5.69 Å². The average molecular weight is 341 g/mol. The van der Waals surface area contributed by atoms with Crippen LogP contribution in [0.25, 0.3) is 0 Å². The SMILES string of the molecule is CCOC(=O)c1nn(Cc2ccccc2Cl)c(Cl)c1CC=O. The van der Waals surface area contributed by atoms with Crippen molar-refractivity contribution in [1.82, 2.24) is 9.78 Å². The number of ether oxygens (including phenoxy) is 1. The molecule has 0 unspecified atom stereocenters. The molecule has 1 aromatic heterocycles. The maximum atomic E-state index is 11.9. The molecule has 0 aliphatic rings. The van der Waals surface area contributed by atoms with E-state index in [0.717, 1.165) is 5.56 Å². The molecule has 5 nitrogen and oxygen atoms in total. The van der Waals surface area contributed by atoms with Crippen LogP contribution in [0.4, 0.5) is 0 Å². The van der Waals surface area contributed by atoms with Gasteiger partial charge in [-0.05, 0) is 18.6 Å². The molecular formula is C15H14Cl2N2O3. The van der Waals surface area contributed by atoms with Crippen LogP contribution in [0.5, 0.6) is 0 Å². The zero-order chi connectivity index (χ0) is 16.1. The van der Waals surface area contributed by atoms with Crippen LogP contribution in [-0.4, -0.2) is 28.6 Å². The van der Waals surface area contributed by atoms with Gasteiger partial charge in [0.2, 0.25) is 0 Å². The normalized spacial score (nSPS) is 10.5. The summed E-state index contributed by atoms with van der Waals surface area (Å²) < 4.78 is 6.38. The molecule has 116 valence electrons. The van der Waals surface area contributed by atoms with Gasteiger partial charge in [0, 0.05) is 17.0 Å². The van der Waals surface area contributed by atoms with Crippen molar-refractivity contribution in [2.45, 2.75) is 19.9 Å². The fourth-order valence-electron chi connectivity index (χ4n) is 2.00. The highest BCUT2D eigenvalue weighted by Gasteiger charge is 2.23. The van der Waals surface area contributed by atoms with Crippen LogP contribution in [-0.2, 0) is 22.5 Å². The lowest BCUT2D eigenvalue weighted by atomic mass is 10.2. The van der Waals surface area contributed by atoms with Crippen LogP contribution in [0.1, 0.15) is 28.5 Å². The third kappa shape index (κ3) is 3.48. The van der Waals surface area contributed by atoms with Gasteiger partial charge >= 0.3 is 5.97 Å². The molecular weight excluding hydrogens is 327 g/mol. The molecule has 0 spiro atoms. The molecule has 1 heterocycles. The second kappa shape index (κ2) is 7.42. The molecule has 0 atom stereocenters. The van der Waals surface area contributed by atoms with E-state index in [2.05, 4.69) is 5.10 Å². The summed E-state index contributed by atoms with van der Waals surface area (Å²) in [6, 6.07) is 7.26. The van der Waals surface area contributed by atoms with Crippen molar-refractivity contribution < 1.29 is 14.3 Å². The third-order valence-corrected chi connectivity index (χ3v) is 3.81. The summed E-state index contributed by atoms with van der Waals surface area (Å²) in [4.78, 5) is 22.7. The number of nitrogens with zero attached hydrogens (tertiary/aromatic N) is 2. The van der Waals surface area contributed by atoms with Crippen molar-refractivity contribution >= 4 is 35.5 Å². The van der Waals surface area contributed by atoms with Crippen LogP contribution in [0.2, 0.25) is 10.2 Å². The number of carbonyl (C=O) groups is 2.